The molecule has 0 spiro atoms. The summed E-state index contributed by atoms with van der Waals surface area (Å²) in [6.07, 6.45) is 0. The monoisotopic (exact) mass is 322 g/mol. The summed E-state index contributed by atoms with van der Waals surface area (Å²) in [5.41, 5.74) is 0.672. The highest BCUT2D eigenvalue weighted by molar-refractivity contribution is 7.94. The van der Waals surface area contributed by atoms with Crippen molar-refractivity contribution in [1.82, 2.24) is 0 Å². The predicted octanol–water partition coefficient (Wildman–Crippen LogP) is 2.14. The third-order valence-electron chi connectivity index (χ3n) is 2.75. The van der Waals surface area contributed by atoms with Gasteiger partial charge in [-0.2, -0.15) is 5.26 Å². The number of hydrogen-bond acceptors (Lipinski definition) is 5. The summed E-state index contributed by atoms with van der Waals surface area (Å²) < 4.78 is 25.8. The van der Waals surface area contributed by atoms with Crippen LogP contribution in [0.4, 0.5) is 5.69 Å². The number of nitrogens with zero attached hydrogens (tertiary/aromatic N) is 2. The molecule has 1 N–H and O–H groups in total. The van der Waals surface area contributed by atoms with Crippen LogP contribution in [0, 0.1) is 11.3 Å². The number of thiophene rings is 1. The Kier molecular flexibility index (Phi) is 3.97. The van der Waals surface area contributed by atoms with Crippen LogP contribution < -0.4 is 4.31 Å². The molecule has 6 nitrogen and oxygen atoms in total. The van der Waals surface area contributed by atoms with Crippen LogP contribution in [0.25, 0.3) is 0 Å². The van der Waals surface area contributed by atoms with Crippen molar-refractivity contribution in [2.24, 2.45) is 0 Å². The second-order valence-electron chi connectivity index (χ2n) is 4.06. The zero-order valence-corrected chi connectivity index (χ0v) is 12.5. The molecule has 2 aromatic rings. The molecule has 0 bridgehead atoms. The molecule has 108 valence electrons. The number of sulfonamides is 1. The molecular formula is C13H10N2O4S2. The second kappa shape index (κ2) is 5.55. The first-order chi connectivity index (χ1) is 9.86. The molecule has 1 heterocycles. The van der Waals surface area contributed by atoms with E-state index in [1.165, 1.54) is 25.2 Å². The van der Waals surface area contributed by atoms with Crippen molar-refractivity contribution in [3.63, 3.8) is 0 Å². The van der Waals surface area contributed by atoms with Gasteiger partial charge in [0, 0.05) is 7.05 Å². The molecule has 0 saturated carbocycles. The number of anilines is 1. The van der Waals surface area contributed by atoms with Crippen LogP contribution in [0.15, 0.2) is 40.6 Å². The lowest BCUT2D eigenvalue weighted by Gasteiger charge is -2.18. The van der Waals surface area contributed by atoms with E-state index < -0.39 is 16.0 Å². The van der Waals surface area contributed by atoms with Crippen molar-refractivity contribution in [2.45, 2.75) is 4.21 Å². The summed E-state index contributed by atoms with van der Waals surface area (Å²) in [5.74, 6) is -1.17. The first kappa shape index (κ1) is 15.0. The SMILES string of the molecule is CN(c1cccc(C#N)c1)S(=O)(=O)c1ccc(C(=O)O)s1. The molecule has 0 saturated heterocycles. The highest BCUT2D eigenvalue weighted by atomic mass is 32.2. The summed E-state index contributed by atoms with van der Waals surface area (Å²) in [6, 6.07) is 10.6. The van der Waals surface area contributed by atoms with Crippen LogP contribution in [0.2, 0.25) is 0 Å². The van der Waals surface area contributed by atoms with E-state index in [9.17, 15) is 13.2 Å². The van der Waals surface area contributed by atoms with Gasteiger partial charge in [0.15, 0.2) is 0 Å². The summed E-state index contributed by atoms with van der Waals surface area (Å²) in [6.45, 7) is 0. The molecule has 1 aromatic carbocycles. The first-order valence-corrected chi connectivity index (χ1v) is 7.94. The van der Waals surface area contributed by atoms with Crippen molar-refractivity contribution in [1.29, 1.82) is 5.26 Å². The smallest absolute Gasteiger partial charge is 0.345 e. The zero-order valence-electron chi connectivity index (χ0n) is 10.8. The Bertz CT molecular complexity index is 834. The zero-order chi connectivity index (χ0) is 15.6. The number of hydrogen-bond donors (Lipinski definition) is 1. The van der Waals surface area contributed by atoms with E-state index in [4.69, 9.17) is 10.4 Å². The molecule has 0 radical (unpaired) electrons. The average molecular weight is 322 g/mol. The largest absolute Gasteiger partial charge is 0.477 e. The van der Waals surface area contributed by atoms with E-state index in [2.05, 4.69) is 0 Å². The number of rotatable bonds is 4. The van der Waals surface area contributed by atoms with E-state index in [0.717, 1.165) is 4.31 Å². The van der Waals surface area contributed by atoms with Gasteiger partial charge in [0.1, 0.15) is 9.09 Å². The molecule has 1 aromatic heterocycles. The summed E-state index contributed by atoms with van der Waals surface area (Å²) in [5, 5.41) is 17.7. The van der Waals surface area contributed by atoms with E-state index >= 15 is 0 Å². The minimum absolute atomic E-state index is 0.0484. The maximum Gasteiger partial charge on any atom is 0.345 e. The van der Waals surface area contributed by atoms with E-state index in [1.807, 2.05) is 6.07 Å². The molecule has 0 unspecified atom stereocenters. The highest BCUT2D eigenvalue weighted by Crippen LogP contribution is 2.28. The van der Waals surface area contributed by atoms with E-state index in [0.29, 0.717) is 22.6 Å². The number of carboxylic acids is 1. The van der Waals surface area contributed by atoms with E-state index in [-0.39, 0.29) is 9.09 Å². The third kappa shape index (κ3) is 2.89. The lowest BCUT2D eigenvalue weighted by molar-refractivity contribution is 0.0702. The van der Waals surface area contributed by atoms with Crippen LogP contribution in [-0.4, -0.2) is 26.5 Å². The van der Waals surface area contributed by atoms with Gasteiger partial charge in [-0.1, -0.05) is 6.07 Å². The lowest BCUT2D eigenvalue weighted by Crippen LogP contribution is -2.25. The maximum atomic E-state index is 12.4. The van der Waals surface area contributed by atoms with Crippen molar-refractivity contribution in [3.8, 4) is 6.07 Å². The normalized spacial score (nSPS) is 10.9. The number of nitriles is 1. The van der Waals surface area contributed by atoms with Gasteiger partial charge in [-0.3, -0.25) is 4.31 Å². The number of aromatic carboxylic acids is 1. The molecule has 0 aliphatic rings. The van der Waals surface area contributed by atoms with Crippen LogP contribution in [0.1, 0.15) is 15.2 Å². The Morgan fingerprint density at radius 3 is 2.62 bits per heavy atom. The van der Waals surface area contributed by atoms with Crippen molar-refractivity contribution in [2.75, 3.05) is 11.4 Å². The predicted molar refractivity (Wildman–Crippen MR) is 78.0 cm³/mol. The van der Waals surface area contributed by atoms with Crippen molar-refractivity contribution in [3.05, 3.63) is 46.8 Å². The minimum atomic E-state index is -3.85. The Morgan fingerprint density at radius 2 is 2.05 bits per heavy atom. The van der Waals surface area contributed by atoms with Gasteiger partial charge in [0.05, 0.1) is 17.3 Å². The summed E-state index contributed by atoms with van der Waals surface area (Å²) in [7, 11) is -2.50. The lowest BCUT2D eigenvalue weighted by atomic mass is 10.2. The van der Waals surface area contributed by atoms with Crippen LogP contribution in [-0.2, 0) is 10.0 Å². The fourth-order valence-corrected chi connectivity index (χ4v) is 4.12. The molecule has 0 fully saturated rings. The van der Waals surface area contributed by atoms with Crippen LogP contribution in [0.5, 0.6) is 0 Å². The molecule has 2 rings (SSSR count). The fraction of sp³-hybridized carbons (Fsp3) is 0.0769. The number of benzene rings is 1. The number of carbonyl (C=O) groups is 1. The van der Waals surface area contributed by atoms with Crippen molar-refractivity contribution < 1.29 is 18.3 Å². The van der Waals surface area contributed by atoms with Crippen LogP contribution >= 0.6 is 11.3 Å². The quantitative estimate of drug-likeness (QED) is 0.930. The van der Waals surface area contributed by atoms with Crippen molar-refractivity contribution >= 4 is 33.0 Å². The molecule has 8 heteroatoms. The molecule has 0 amide bonds. The van der Waals surface area contributed by atoms with Gasteiger partial charge in [0.25, 0.3) is 10.0 Å². The molecular weight excluding hydrogens is 312 g/mol. The number of carboxylic acid groups (broad SMARTS) is 1. The standard InChI is InChI=1S/C13H10N2O4S2/c1-15(10-4-2-3-9(7-10)8-14)21(18,19)12-6-5-11(20-12)13(16)17/h2-7H,1H3,(H,16,17). The third-order valence-corrected chi connectivity index (χ3v) is 6.07. The van der Waals surface area contributed by atoms with E-state index in [1.54, 1.807) is 18.2 Å². The minimum Gasteiger partial charge on any atom is -0.477 e. The Balaban J connectivity index is 2.42. The Morgan fingerprint density at radius 1 is 1.33 bits per heavy atom. The Hall–Kier alpha value is -2.37. The molecule has 21 heavy (non-hydrogen) atoms. The maximum absolute atomic E-state index is 12.4. The topological polar surface area (TPSA) is 98.5 Å². The van der Waals surface area contributed by atoms with Gasteiger partial charge in [-0.25, -0.2) is 13.2 Å². The molecule has 0 aliphatic carbocycles. The first-order valence-electron chi connectivity index (χ1n) is 5.68. The van der Waals surface area contributed by atoms with Crippen LogP contribution in [0.3, 0.4) is 0 Å². The second-order valence-corrected chi connectivity index (χ2v) is 7.34. The summed E-state index contributed by atoms with van der Waals surface area (Å²) >= 11 is 0.687. The molecule has 0 atom stereocenters. The van der Waals surface area contributed by atoms with Gasteiger partial charge in [-0.15, -0.1) is 11.3 Å². The average Bonchev–Trinajstić information content (AvgIpc) is 2.97. The fourth-order valence-electron chi connectivity index (χ4n) is 1.62. The highest BCUT2D eigenvalue weighted by Gasteiger charge is 2.24. The summed E-state index contributed by atoms with van der Waals surface area (Å²) in [4.78, 5) is 10.8. The molecule has 0 aliphatic heterocycles. The van der Waals surface area contributed by atoms with Gasteiger partial charge < -0.3 is 5.11 Å². The Labute approximate surface area is 125 Å². The van der Waals surface area contributed by atoms with Gasteiger partial charge in [0.2, 0.25) is 0 Å². The van der Waals surface area contributed by atoms with Gasteiger partial charge >= 0.3 is 5.97 Å². The van der Waals surface area contributed by atoms with Gasteiger partial charge in [-0.05, 0) is 30.3 Å².